The number of halogens is 1. The van der Waals surface area contributed by atoms with Crippen molar-refractivity contribution in [1.82, 2.24) is 4.90 Å². The minimum absolute atomic E-state index is 0.0186. The lowest BCUT2D eigenvalue weighted by atomic mass is 10.0. The van der Waals surface area contributed by atoms with Crippen LogP contribution in [0.4, 0.5) is 10.1 Å². The average molecular weight is 358 g/mol. The minimum Gasteiger partial charge on any atom is -0.386 e. The van der Waals surface area contributed by atoms with Crippen molar-refractivity contribution in [2.24, 2.45) is 0 Å². The Morgan fingerprint density at radius 2 is 2.04 bits per heavy atom. The average Bonchev–Trinajstić information content (AvgIpc) is 2.64. The number of rotatable bonds is 4. The maximum atomic E-state index is 13.2. The number of hydrogen-bond acceptors (Lipinski definition) is 4. The zero-order valence-corrected chi connectivity index (χ0v) is 14.2. The molecule has 1 aliphatic rings. The van der Waals surface area contributed by atoms with Crippen LogP contribution in [-0.4, -0.2) is 48.1 Å². The molecular weight excluding hydrogens is 339 g/mol. The largest absolute Gasteiger partial charge is 0.386 e. The molecule has 0 bridgehead atoms. The van der Waals surface area contributed by atoms with Crippen molar-refractivity contribution in [3.05, 3.63) is 65.5 Å². The van der Waals surface area contributed by atoms with Crippen LogP contribution < -0.4 is 5.32 Å². The third kappa shape index (κ3) is 3.89. The highest BCUT2D eigenvalue weighted by Crippen LogP contribution is 2.24. The van der Waals surface area contributed by atoms with Crippen LogP contribution in [0.1, 0.15) is 22.0 Å². The Bertz CT molecular complexity index is 809. The number of hydrogen-bond donors (Lipinski definition) is 2. The van der Waals surface area contributed by atoms with Crippen molar-refractivity contribution >= 4 is 17.5 Å². The number of carbonyl (C=O) groups excluding carboxylic acids is 2. The number of carbonyl (C=O) groups is 2. The van der Waals surface area contributed by atoms with Crippen molar-refractivity contribution in [2.45, 2.75) is 12.1 Å². The summed E-state index contributed by atoms with van der Waals surface area (Å²) in [5, 5.41) is 13.2. The highest BCUT2D eigenvalue weighted by atomic mass is 19.1. The standard InChI is InChI=1S/C19H19FN2O4/c1-22-16(10-26-11-17(22)23)18(24)12-5-7-15(8-6-12)21-19(25)13-3-2-4-14(20)9-13/h2-9,16,18,24H,10-11H2,1H3,(H,21,25). The van der Waals surface area contributed by atoms with Gasteiger partial charge in [-0.15, -0.1) is 0 Å². The number of aliphatic hydroxyl groups is 1. The predicted molar refractivity (Wildman–Crippen MR) is 93.1 cm³/mol. The molecule has 2 aromatic rings. The number of ether oxygens (including phenoxy) is 1. The lowest BCUT2D eigenvalue weighted by molar-refractivity contribution is -0.151. The number of morpholine rings is 1. The molecule has 7 heteroatoms. The SMILES string of the molecule is CN1C(=O)COCC1C(O)c1ccc(NC(=O)c2cccc(F)c2)cc1. The summed E-state index contributed by atoms with van der Waals surface area (Å²) < 4.78 is 18.4. The first kappa shape index (κ1) is 18.0. The minimum atomic E-state index is -0.905. The van der Waals surface area contributed by atoms with Crippen LogP contribution >= 0.6 is 0 Å². The summed E-state index contributed by atoms with van der Waals surface area (Å²) in [5.74, 6) is -1.09. The Labute approximate surface area is 150 Å². The van der Waals surface area contributed by atoms with Gasteiger partial charge in [0, 0.05) is 18.3 Å². The summed E-state index contributed by atoms with van der Waals surface area (Å²) in [5.41, 5.74) is 1.33. The van der Waals surface area contributed by atoms with E-state index in [1.54, 1.807) is 31.3 Å². The fourth-order valence-corrected chi connectivity index (χ4v) is 2.79. The Hall–Kier alpha value is -2.77. The molecule has 26 heavy (non-hydrogen) atoms. The summed E-state index contributed by atoms with van der Waals surface area (Å²) in [4.78, 5) is 25.3. The van der Waals surface area contributed by atoms with Crippen molar-refractivity contribution in [3.63, 3.8) is 0 Å². The van der Waals surface area contributed by atoms with Gasteiger partial charge in [-0.1, -0.05) is 18.2 Å². The molecule has 0 aromatic heterocycles. The lowest BCUT2D eigenvalue weighted by Gasteiger charge is -2.35. The molecule has 2 unspecified atom stereocenters. The molecule has 0 aliphatic carbocycles. The topological polar surface area (TPSA) is 78.9 Å². The summed E-state index contributed by atoms with van der Waals surface area (Å²) >= 11 is 0. The maximum absolute atomic E-state index is 13.2. The molecule has 3 rings (SSSR count). The number of likely N-dealkylation sites (N-methyl/N-ethyl adjacent to an activating group) is 1. The van der Waals surface area contributed by atoms with Crippen LogP contribution in [0.3, 0.4) is 0 Å². The van der Waals surface area contributed by atoms with E-state index >= 15 is 0 Å². The quantitative estimate of drug-likeness (QED) is 0.876. The molecule has 0 spiro atoms. The maximum Gasteiger partial charge on any atom is 0.255 e. The van der Waals surface area contributed by atoms with Crippen LogP contribution in [-0.2, 0) is 9.53 Å². The summed E-state index contributed by atoms with van der Waals surface area (Å²) in [6, 6.07) is 11.6. The highest BCUT2D eigenvalue weighted by Gasteiger charge is 2.32. The van der Waals surface area contributed by atoms with Gasteiger partial charge in [0.25, 0.3) is 5.91 Å². The molecule has 136 valence electrons. The monoisotopic (exact) mass is 358 g/mol. The summed E-state index contributed by atoms with van der Waals surface area (Å²) in [6.45, 7) is 0.270. The van der Waals surface area contributed by atoms with E-state index < -0.39 is 23.9 Å². The molecule has 2 amide bonds. The molecule has 0 saturated carbocycles. The first-order valence-corrected chi connectivity index (χ1v) is 8.14. The van der Waals surface area contributed by atoms with E-state index in [4.69, 9.17) is 4.74 Å². The van der Waals surface area contributed by atoms with Gasteiger partial charge < -0.3 is 20.1 Å². The number of benzene rings is 2. The van der Waals surface area contributed by atoms with Gasteiger partial charge in [0.2, 0.25) is 5.91 Å². The van der Waals surface area contributed by atoms with E-state index in [2.05, 4.69) is 5.32 Å². The highest BCUT2D eigenvalue weighted by molar-refractivity contribution is 6.04. The molecule has 2 N–H and O–H groups in total. The number of amides is 2. The van der Waals surface area contributed by atoms with E-state index in [1.165, 1.54) is 23.1 Å². The Kier molecular flexibility index (Phi) is 5.29. The molecule has 2 atom stereocenters. The van der Waals surface area contributed by atoms with Crippen LogP contribution in [0.15, 0.2) is 48.5 Å². The van der Waals surface area contributed by atoms with E-state index in [1.807, 2.05) is 0 Å². The van der Waals surface area contributed by atoms with Gasteiger partial charge in [0.1, 0.15) is 18.5 Å². The van der Waals surface area contributed by atoms with Gasteiger partial charge in [-0.2, -0.15) is 0 Å². The zero-order chi connectivity index (χ0) is 18.7. The van der Waals surface area contributed by atoms with Gasteiger partial charge in [0.15, 0.2) is 0 Å². The summed E-state index contributed by atoms with van der Waals surface area (Å²) in [7, 11) is 1.63. The fourth-order valence-electron chi connectivity index (χ4n) is 2.79. The second kappa shape index (κ2) is 7.63. The molecule has 1 saturated heterocycles. The number of aliphatic hydroxyl groups excluding tert-OH is 1. The van der Waals surface area contributed by atoms with Crippen LogP contribution in [0.5, 0.6) is 0 Å². The van der Waals surface area contributed by atoms with Gasteiger partial charge in [-0.25, -0.2) is 4.39 Å². The van der Waals surface area contributed by atoms with E-state index in [-0.39, 0.29) is 24.7 Å². The van der Waals surface area contributed by atoms with Crippen LogP contribution in [0, 0.1) is 5.82 Å². The van der Waals surface area contributed by atoms with Crippen molar-refractivity contribution in [1.29, 1.82) is 0 Å². The molecule has 1 aliphatic heterocycles. The Morgan fingerprint density at radius 1 is 1.31 bits per heavy atom. The second-order valence-corrected chi connectivity index (χ2v) is 6.12. The van der Waals surface area contributed by atoms with Crippen molar-refractivity contribution < 1.29 is 23.8 Å². The fraction of sp³-hybridized carbons (Fsp3) is 0.263. The smallest absolute Gasteiger partial charge is 0.255 e. The molecule has 1 fully saturated rings. The first-order valence-electron chi connectivity index (χ1n) is 8.14. The first-order chi connectivity index (χ1) is 12.5. The number of anilines is 1. The van der Waals surface area contributed by atoms with Gasteiger partial charge in [-0.3, -0.25) is 9.59 Å². The lowest BCUT2D eigenvalue weighted by Crippen LogP contribution is -2.49. The van der Waals surface area contributed by atoms with E-state index in [9.17, 15) is 19.1 Å². The Balaban J connectivity index is 1.68. The molecular formula is C19H19FN2O4. The van der Waals surface area contributed by atoms with Crippen molar-refractivity contribution in [3.8, 4) is 0 Å². The molecule has 6 nitrogen and oxygen atoms in total. The van der Waals surface area contributed by atoms with Crippen LogP contribution in [0.25, 0.3) is 0 Å². The summed E-state index contributed by atoms with van der Waals surface area (Å²) in [6.07, 6.45) is -0.905. The van der Waals surface area contributed by atoms with Gasteiger partial charge in [-0.05, 0) is 35.9 Å². The predicted octanol–water partition coefficient (Wildman–Crippen LogP) is 1.97. The van der Waals surface area contributed by atoms with Crippen molar-refractivity contribution in [2.75, 3.05) is 25.6 Å². The normalized spacial score (nSPS) is 18.5. The van der Waals surface area contributed by atoms with E-state index in [0.29, 0.717) is 11.3 Å². The molecule has 2 aromatic carbocycles. The van der Waals surface area contributed by atoms with Gasteiger partial charge in [0.05, 0.1) is 12.6 Å². The van der Waals surface area contributed by atoms with Crippen LogP contribution in [0.2, 0.25) is 0 Å². The number of nitrogens with zero attached hydrogens (tertiary/aromatic N) is 1. The zero-order valence-electron chi connectivity index (χ0n) is 14.2. The molecule has 1 heterocycles. The third-order valence-corrected chi connectivity index (χ3v) is 4.37. The third-order valence-electron chi connectivity index (χ3n) is 4.37. The second-order valence-electron chi connectivity index (χ2n) is 6.12. The molecule has 0 radical (unpaired) electrons. The Morgan fingerprint density at radius 3 is 2.73 bits per heavy atom. The van der Waals surface area contributed by atoms with Gasteiger partial charge >= 0.3 is 0 Å². The van der Waals surface area contributed by atoms with E-state index in [0.717, 1.165) is 6.07 Å². The number of nitrogens with one attached hydrogen (secondary N) is 1.